The van der Waals surface area contributed by atoms with E-state index < -0.39 is 0 Å². The van der Waals surface area contributed by atoms with E-state index in [1.54, 1.807) is 55.6 Å². The van der Waals surface area contributed by atoms with Gasteiger partial charge in [0.15, 0.2) is 0 Å². The van der Waals surface area contributed by atoms with E-state index in [9.17, 15) is 4.79 Å². The number of hydrogen-bond donors (Lipinski definition) is 2. The fourth-order valence-corrected chi connectivity index (χ4v) is 2.52. The van der Waals surface area contributed by atoms with Crippen LogP contribution in [0.15, 0.2) is 60.8 Å². The van der Waals surface area contributed by atoms with Gasteiger partial charge in [0, 0.05) is 18.0 Å². The molecule has 7 heteroatoms. The van der Waals surface area contributed by atoms with Gasteiger partial charge < -0.3 is 20.1 Å². The van der Waals surface area contributed by atoms with Crippen LogP contribution in [0.5, 0.6) is 11.5 Å². The number of nitrogens with one attached hydrogen (secondary N) is 2. The molecule has 0 radical (unpaired) electrons. The van der Waals surface area contributed by atoms with Crippen molar-refractivity contribution in [3.05, 3.63) is 71.9 Å². The molecule has 0 saturated carbocycles. The van der Waals surface area contributed by atoms with E-state index in [1.165, 1.54) is 13.3 Å². The fourth-order valence-electron chi connectivity index (χ4n) is 2.52. The van der Waals surface area contributed by atoms with Crippen LogP contribution in [0.1, 0.15) is 15.9 Å². The zero-order chi connectivity index (χ0) is 19.9. The predicted octanol–water partition coefficient (Wildman–Crippen LogP) is 3.97. The lowest BCUT2D eigenvalue weighted by molar-refractivity contribution is 0.102. The molecule has 2 N–H and O–H groups in total. The first-order valence-corrected chi connectivity index (χ1v) is 8.39. The second-order valence-electron chi connectivity index (χ2n) is 5.77. The van der Waals surface area contributed by atoms with Gasteiger partial charge in [-0.25, -0.2) is 4.98 Å². The molecule has 1 heterocycles. The van der Waals surface area contributed by atoms with Crippen molar-refractivity contribution in [2.75, 3.05) is 24.9 Å². The second-order valence-corrected chi connectivity index (χ2v) is 5.77. The van der Waals surface area contributed by atoms with Crippen LogP contribution in [0, 0.1) is 11.3 Å². The van der Waals surface area contributed by atoms with E-state index in [2.05, 4.69) is 21.7 Å². The molecule has 0 fully saturated rings. The van der Waals surface area contributed by atoms with Gasteiger partial charge >= 0.3 is 0 Å². The van der Waals surface area contributed by atoms with Crippen molar-refractivity contribution in [2.24, 2.45) is 0 Å². The molecule has 1 amide bonds. The SMILES string of the molecule is COc1ccc(OC)c(NC(=O)c2ccc(Nc3cccc(C#N)c3)nc2)c1. The number of carbonyl (C=O) groups is 1. The number of rotatable bonds is 6. The molecule has 140 valence electrons. The summed E-state index contributed by atoms with van der Waals surface area (Å²) in [6.07, 6.45) is 1.47. The lowest BCUT2D eigenvalue weighted by Gasteiger charge is -2.12. The Balaban J connectivity index is 1.73. The van der Waals surface area contributed by atoms with Crippen molar-refractivity contribution in [3.8, 4) is 17.6 Å². The Morgan fingerprint density at radius 1 is 1.07 bits per heavy atom. The van der Waals surface area contributed by atoms with Crippen molar-refractivity contribution in [1.29, 1.82) is 5.26 Å². The van der Waals surface area contributed by atoms with Gasteiger partial charge in [-0.15, -0.1) is 0 Å². The van der Waals surface area contributed by atoms with E-state index in [1.807, 2.05) is 6.07 Å². The molecule has 0 bridgehead atoms. The van der Waals surface area contributed by atoms with Gasteiger partial charge in [0.2, 0.25) is 0 Å². The summed E-state index contributed by atoms with van der Waals surface area (Å²) in [7, 11) is 3.08. The number of aromatic nitrogens is 1. The molecule has 2 aromatic carbocycles. The summed E-state index contributed by atoms with van der Waals surface area (Å²) in [6.45, 7) is 0. The third kappa shape index (κ3) is 4.37. The summed E-state index contributed by atoms with van der Waals surface area (Å²) in [5, 5.41) is 14.9. The molecular formula is C21H18N4O3. The maximum Gasteiger partial charge on any atom is 0.257 e. The number of methoxy groups -OCH3 is 2. The summed E-state index contributed by atoms with van der Waals surface area (Å²) in [5.41, 5.74) is 2.18. The van der Waals surface area contributed by atoms with Gasteiger partial charge in [0.25, 0.3) is 5.91 Å². The zero-order valence-corrected chi connectivity index (χ0v) is 15.4. The lowest BCUT2D eigenvalue weighted by Crippen LogP contribution is -2.13. The molecule has 1 aromatic heterocycles. The van der Waals surface area contributed by atoms with Crippen molar-refractivity contribution in [1.82, 2.24) is 4.98 Å². The number of nitriles is 1. The Morgan fingerprint density at radius 2 is 1.93 bits per heavy atom. The summed E-state index contributed by atoms with van der Waals surface area (Å²) >= 11 is 0. The molecule has 3 aromatic rings. The Hall–Kier alpha value is -4.05. The predicted molar refractivity (Wildman–Crippen MR) is 106 cm³/mol. The third-order valence-corrected chi connectivity index (χ3v) is 3.94. The minimum atomic E-state index is -0.322. The molecule has 28 heavy (non-hydrogen) atoms. The highest BCUT2D eigenvalue weighted by Crippen LogP contribution is 2.29. The highest BCUT2D eigenvalue weighted by molar-refractivity contribution is 6.05. The smallest absolute Gasteiger partial charge is 0.257 e. The Bertz CT molecular complexity index is 1030. The van der Waals surface area contributed by atoms with Gasteiger partial charge in [-0.3, -0.25) is 4.79 Å². The lowest BCUT2D eigenvalue weighted by atomic mass is 10.2. The van der Waals surface area contributed by atoms with Crippen molar-refractivity contribution in [3.63, 3.8) is 0 Å². The number of benzene rings is 2. The maximum atomic E-state index is 12.5. The Labute approximate surface area is 162 Å². The first-order valence-electron chi connectivity index (χ1n) is 8.39. The van der Waals surface area contributed by atoms with E-state index in [-0.39, 0.29) is 5.91 Å². The average molecular weight is 374 g/mol. The highest BCUT2D eigenvalue weighted by atomic mass is 16.5. The first kappa shape index (κ1) is 18.7. The van der Waals surface area contributed by atoms with Gasteiger partial charge in [-0.05, 0) is 42.5 Å². The highest BCUT2D eigenvalue weighted by Gasteiger charge is 2.11. The molecular weight excluding hydrogens is 356 g/mol. The van der Waals surface area contributed by atoms with Gasteiger partial charge in [-0.1, -0.05) is 6.07 Å². The Kier molecular flexibility index (Phi) is 5.72. The van der Waals surface area contributed by atoms with Crippen LogP contribution in [0.4, 0.5) is 17.2 Å². The summed E-state index contributed by atoms with van der Waals surface area (Å²) in [4.78, 5) is 16.8. The first-order chi connectivity index (χ1) is 13.6. The number of amides is 1. The minimum Gasteiger partial charge on any atom is -0.497 e. The van der Waals surface area contributed by atoms with Crippen LogP contribution in [0.25, 0.3) is 0 Å². The normalized spacial score (nSPS) is 9.89. The van der Waals surface area contributed by atoms with E-state index >= 15 is 0 Å². The number of ether oxygens (including phenoxy) is 2. The van der Waals surface area contributed by atoms with Gasteiger partial charge in [-0.2, -0.15) is 5.26 Å². The number of anilines is 3. The third-order valence-electron chi connectivity index (χ3n) is 3.94. The van der Waals surface area contributed by atoms with E-state index in [0.717, 1.165) is 5.69 Å². The molecule has 0 spiro atoms. The van der Waals surface area contributed by atoms with Crippen LogP contribution < -0.4 is 20.1 Å². The Morgan fingerprint density at radius 3 is 2.61 bits per heavy atom. The van der Waals surface area contributed by atoms with Gasteiger partial charge in [0.05, 0.1) is 37.1 Å². The monoisotopic (exact) mass is 374 g/mol. The fraction of sp³-hybridized carbons (Fsp3) is 0.0952. The van der Waals surface area contributed by atoms with Crippen LogP contribution in [-0.2, 0) is 0 Å². The largest absolute Gasteiger partial charge is 0.497 e. The molecule has 0 atom stereocenters. The van der Waals surface area contributed by atoms with Crippen LogP contribution in [-0.4, -0.2) is 25.1 Å². The summed E-state index contributed by atoms with van der Waals surface area (Å²) < 4.78 is 10.5. The van der Waals surface area contributed by atoms with Crippen LogP contribution in [0.3, 0.4) is 0 Å². The summed E-state index contributed by atoms with van der Waals surface area (Å²) in [5.74, 6) is 1.37. The van der Waals surface area contributed by atoms with Crippen molar-refractivity contribution in [2.45, 2.75) is 0 Å². The zero-order valence-electron chi connectivity index (χ0n) is 15.4. The molecule has 0 aliphatic heterocycles. The molecule has 3 rings (SSSR count). The number of carbonyl (C=O) groups excluding carboxylic acids is 1. The van der Waals surface area contributed by atoms with Gasteiger partial charge in [0.1, 0.15) is 17.3 Å². The van der Waals surface area contributed by atoms with Crippen molar-refractivity contribution >= 4 is 23.1 Å². The topological polar surface area (TPSA) is 96.3 Å². The molecule has 0 aliphatic rings. The number of pyridine rings is 1. The number of nitrogens with zero attached hydrogens (tertiary/aromatic N) is 2. The average Bonchev–Trinajstić information content (AvgIpc) is 2.74. The van der Waals surface area contributed by atoms with E-state index in [0.29, 0.717) is 34.1 Å². The maximum absolute atomic E-state index is 12.5. The van der Waals surface area contributed by atoms with Crippen molar-refractivity contribution < 1.29 is 14.3 Å². The van der Waals surface area contributed by atoms with Crippen LogP contribution >= 0.6 is 0 Å². The van der Waals surface area contributed by atoms with E-state index in [4.69, 9.17) is 14.7 Å². The molecule has 0 saturated heterocycles. The van der Waals surface area contributed by atoms with Crippen LogP contribution in [0.2, 0.25) is 0 Å². The standard InChI is InChI=1S/C21H18N4O3/c1-27-17-7-8-19(28-2)18(11-17)25-21(26)15-6-9-20(23-13-15)24-16-5-3-4-14(10-16)12-22/h3-11,13H,1-2H3,(H,23,24)(H,25,26). The molecule has 7 nitrogen and oxygen atoms in total. The molecule has 0 unspecified atom stereocenters. The number of hydrogen-bond acceptors (Lipinski definition) is 6. The minimum absolute atomic E-state index is 0.322. The molecule has 0 aliphatic carbocycles. The second kappa shape index (κ2) is 8.56. The quantitative estimate of drug-likeness (QED) is 0.678. The summed E-state index contributed by atoms with van der Waals surface area (Å²) in [6, 6.07) is 17.6.